The maximum atomic E-state index is 12.4. The summed E-state index contributed by atoms with van der Waals surface area (Å²) in [7, 11) is 0. The van der Waals surface area contributed by atoms with Gasteiger partial charge in [-0.1, -0.05) is 12.2 Å². The fourth-order valence-corrected chi connectivity index (χ4v) is 5.43. The van der Waals surface area contributed by atoms with Crippen LogP contribution in [0.4, 0.5) is 0 Å². The van der Waals surface area contributed by atoms with E-state index in [0.29, 0.717) is 13.2 Å². The third-order valence-corrected chi connectivity index (χ3v) is 6.46. The van der Waals surface area contributed by atoms with Crippen LogP contribution in [0.3, 0.4) is 0 Å². The molecule has 1 aliphatic carbocycles. The van der Waals surface area contributed by atoms with Crippen molar-refractivity contribution < 1.29 is 33.2 Å². The lowest BCUT2D eigenvalue weighted by atomic mass is 9.67. The molecule has 1 saturated carbocycles. The molecule has 0 amide bonds. The Kier molecular flexibility index (Phi) is 4.91. The molecule has 6 atom stereocenters. The van der Waals surface area contributed by atoms with Crippen molar-refractivity contribution in [2.24, 2.45) is 11.3 Å². The molecule has 0 aromatic heterocycles. The molecule has 4 fully saturated rings. The summed E-state index contributed by atoms with van der Waals surface area (Å²) in [6.07, 6.45) is 0.526. The highest BCUT2D eigenvalue weighted by molar-refractivity contribution is 5.70. The van der Waals surface area contributed by atoms with Gasteiger partial charge in [0.15, 0.2) is 17.9 Å². The van der Waals surface area contributed by atoms with Gasteiger partial charge in [-0.2, -0.15) is 0 Å². The molecule has 4 aliphatic rings. The van der Waals surface area contributed by atoms with Crippen molar-refractivity contribution in [1.82, 2.24) is 0 Å². The second-order valence-electron chi connectivity index (χ2n) is 9.18. The number of ether oxygens (including phenoxy) is 6. The molecule has 158 valence electrons. The standard InChI is InChI=1S/C21H32O7/c1-7-23-15(22)10-13-12(2)8-9-21(13)16(14-11-24-19(3,4)26-14)25-18-17(21)27-20(5,6)28-18/h13-14,16-18H,2,7-11H2,1,3-6H3/t13-,14-,16-,17+,18-,21-/m1/s1. The molecular weight excluding hydrogens is 364 g/mol. The van der Waals surface area contributed by atoms with Gasteiger partial charge in [-0.15, -0.1) is 0 Å². The van der Waals surface area contributed by atoms with E-state index in [4.69, 9.17) is 28.4 Å². The second kappa shape index (κ2) is 6.77. The molecule has 3 aliphatic heterocycles. The van der Waals surface area contributed by atoms with Crippen LogP contribution in [0.25, 0.3) is 0 Å². The van der Waals surface area contributed by atoms with E-state index >= 15 is 0 Å². The van der Waals surface area contributed by atoms with E-state index in [-0.39, 0.29) is 36.6 Å². The summed E-state index contributed by atoms with van der Waals surface area (Å²) in [6.45, 7) is 14.5. The second-order valence-corrected chi connectivity index (χ2v) is 9.18. The quantitative estimate of drug-likeness (QED) is 0.534. The number of carbonyl (C=O) groups is 1. The van der Waals surface area contributed by atoms with Gasteiger partial charge in [0, 0.05) is 11.3 Å². The number of fused-ring (bicyclic) bond motifs is 2. The van der Waals surface area contributed by atoms with Crippen molar-refractivity contribution in [1.29, 1.82) is 0 Å². The van der Waals surface area contributed by atoms with Gasteiger partial charge in [0.05, 0.1) is 25.7 Å². The maximum absolute atomic E-state index is 12.4. The van der Waals surface area contributed by atoms with Gasteiger partial charge in [0.25, 0.3) is 0 Å². The van der Waals surface area contributed by atoms with Crippen molar-refractivity contribution in [3.63, 3.8) is 0 Å². The zero-order chi connectivity index (χ0) is 20.3. The van der Waals surface area contributed by atoms with Crippen LogP contribution < -0.4 is 0 Å². The van der Waals surface area contributed by atoms with Crippen molar-refractivity contribution in [2.75, 3.05) is 13.2 Å². The van der Waals surface area contributed by atoms with E-state index in [9.17, 15) is 4.79 Å². The Labute approximate surface area is 166 Å². The molecule has 3 heterocycles. The first-order valence-electron chi connectivity index (χ1n) is 10.2. The van der Waals surface area contributed by atoms with Gasteiger partial charge >= 0.3 is 5.97 Å². The summed E-state index contributed by atoms with van der Waals surface area (Å²) in [5.74, 6) is -1.74. The van der Waals surface area contributed by atoms with E-state index in [1.807, 2.05) is 34.6 Å². The summed E-state index contributed by atoms with van der Waals surface area (Å²) in [6, 6.07) is 0. The Bertz CT molecular complexity index is 657. The van der Waals surface area contributed by atoms with Gasteiger partial charge in [-0.05, 0) is 47.5 Å². The average Bonchev–Trinajstić information content (AvgIpc) is 3.27. The van der Waals surface area contributed by atoms with E-state index in [1.165, 1.54) is 0 Å². The van der Waals surface area contributed by atoms with Crippen LogP contribution in [0.5, 0.6) is 0 Å². The van der Waals surface area contributed by atoms with Gasteiger partial charge in [-0.3, -0.25) is 4.79 Å². The predicted octanol–water partition coefficient (Wildman–Crippen LogP) is 2.92. The fraction of sp³-hybridized carbons (Fsp3) is 0.857. The van der Waals surface area contributed by atoms with Crippen molar-refractivity contribution in [3.8, 4) is 0 Å². The minimum Gasteiger partial charge on any atom is -0.466 e. The third-order valence-electron chi connectivity index (χ3n) is 6.46. The lowest BCUT2D eigenvalue weighted by molar-refractivity contribution is -0.240. The van der Waals surface area contributed by atoms with Crippen LogP contribution in [0.15, 0.2) is 12.2 Å². The molecule has 0 bridgehead atoms. The molecule has 0 N–H and O–H groups in total. The number of hydrogen-bond acceptors (Lipinski definition) is 7. The van der Waals surface area contributed by atoms with Crippen molar-refractivity contribution in [3.05, 3.63) is 12.2 Å². The Morgan fingerprint density at radius 2 is 1.89 bits per heavy atom. The van der Waals surface area contributed by atoms with Crippen LogP contribution in [-0.4, -0.2) is 55.4 Å². The van der Waals surface area contributed by atoms with Crippen molar-refractivity contribution in [2.45, 2.75) is 90.1 Å². The summed E-state index contributed by atoms with van der Waals surface area (Å²) in [5, 5.41) is 0. The first-order valence-corrected chi connectivity index (χ1v) is 10.2. The Hall–Kier alpha value is -0.990. The minimum atomic E-state index is -0.738. The van der Waals surface area contributed by atoms with E-state index in [0.717, 1.165) is 18.4 Å². The van der Waals surface area contributed by atoms with E-state index in [2.05, 4.69) is 6.58 Å². The van der Waals surface area contributed by atoms with Crippen LogP contribution >= 0.6 is 0 Å². The third kappa shape index (κ3) is 3.21. The van der Waals surface area contributed by atoms with Crippen molar-refractivity contribution >= 4 is 5.97 Å². The number of carbonyl (C=O) groups excluding carboxylic acids is 1. The molecule has 0 aromatic rings. The lowest BCUT2D eigenvalue weighted by Gasteiger charge is -2.41. The lowest BCUT2D eigenvalue weighted by Crippen LogP contribution is -2.51. The highest BCUT2D eigenvalue weighted by atomic mass is 16.8. The zero-order valence-electron chi connectivity index (χ0n) is 17.5. The molecule has 7 nitrogen and oxygen atoms in total. The summed E-state index contributed by atoms with van der Waals surface area (Å²) < 4.78 is 36.0. The fourth-order valence-electron chi connectivity index (χ4n) is 5.43. The molecule has 28 heavy (non-hydrogen) atoms. The monoisotopic (exact) mass is 396 g/mol. The largest absolute Gasteiger partial charge is 0.466 e. The average molecular weight is 396 g/mol. The molecule has 0 unspecified atom stereocenters. The first-order chi connectivity index (χ1) is 13.1. The van der Waals surface area contributed by atoms with Gasteiger partial charge in [0.1, 0.15) is 12.2 Å². The SMILES string of the molecule is C=C1CC[C@@]2([C@@H]1CC(=O)OCC)[C@@H]([C@H]1COC(C)(C)O1)O[C@@H]1OC(C)(C)O[C@@H]12. The van der Waals surface area contributed by atoms with Gasteiger partial charge in [0.2, 0.25) is 0 Å². The van der Waals surface area contributed by atoms with E-state index < -0.39 is 23.3 Å². The maximum Gasteiger partial charge on any atom is 0.306 e. The zero-order valence-corrected chi connectivity index (χ0v) is 17.5. The molecule has 0 radical (unpaired) electrons. The molecule has 7 heteroatoms. The van der Waals surface area contributed by atoms with E-state index in [1.54, 1.807) is 0 Å². The van der Waals surface area contributed by atoms with Crippen LogP contribution in [0, 0.1) is 11.3 Å². The summed E-state index contributed by atoms with van der Waals surface area (Å²) in [5.41, 5.74) is 0.574. The number of hydrogen-bond donors (Lipinski definition) is 0. The molecule has 3 saturated heterocycles. The number of allylic oxidation sites excluding steroid dienone is 1. The number of rotatable bonds is 4. The predicted molar refractivity (Wildman–Crippen MR) is 99.1 cm³/mol. The molecule has 0 aromatic carbocycles. The van der Waals surface area contributed by atoms with Crippen LogP contribution in [0.1, 0.15) is 53.9 Å². The molecule has 1 spiro atoms. The Morgan fingerprint density at radius 3 is 2.54 bits per heavy atom. The highest BCUT2D eigenvalue weighted by Crippen LogP contribution is 2.62. The summed E-state index contributed by atoms with van der Waals surface area (Å²) in [4.78, 5) is 12.4. The normalized spacial score (nSPS) is 43.6. The minimum absolute atomic E-state index is 0.114. The first kappa shape index (κ1) is 20.3. The summed E-state index contributed by atoms with van der Waals surface area (Å²) >= 11 is 0. The highest BCUT2D eigenvalue weighted by Gasteiger charge is 2.70. The number of esters is 1. The van der Waals surface area contributed by atoms with Crippen LogP contribution in [0.2, 0.25) is 0 Å². The Balaban J connectivity index is 1.69. The Morgan fingerprint density at radius 1 is 1.14 bits per heavy atom. The van der Waals surface area contributed by atoms with Crippen LogP contribution in [-0.2, 0) is 33.2 Å². The molecular formula is C21H32O7. The topological polar surface area (TPSA) is 72.5 Å². The van der Waals surface area contributed by atoms with Gasteiger partial charge < -0.3 is 28.4 Å². The molecule has 4 rings (SSSR count). The smallest absolute Gasteiger partial charge is 0.306 e. The van der Waals surface area contributed by atoms with Gasteiger partial charge in [-0.25, -0.2) is 0 Å².